The van der Waals surface area contributed by atoms with E-state index in [2.05, 4.69) is 23.9 Å². The summed E-state index contributed by atoms with van der Waals surface area (Å²) in [4.78, 5) is 4.93. The molecule has 2 fully saturated rings. The third-order valence-corrected chi connectivity index (χ3v) is 2.74. The minimum absolute atomic E-state index is 0.873. The van der Waals surface area contributed by atoms with Crippen LogP contribution in [0.5, 0.6) is 0 Å². The lowest BCUT2D eigenvalue weighted by atomic mass is 10.1. The minimum Gasteiger partial charge on any atom is -0.303 e. The highest BCUT2D eigenvalue weighted by atomic mass is 15.3. The van der Waals surface area contributed by atoms with Gasteiger partial charge in [0.25, 0.3) is 0 Å². The molecule has 1 heterocycles. The maximum atomic E-state index is 2.56. The highest BCUT2D eigenvalue weighted by Gasteiger charge is 2.35. The van der Waals surface area contributed by atoms with Crippen molar-refractivity contribution in [1.29, 1.82) is 0 Å². The zero-order valence-corrected chi connectivity index (χ0v) is 6.88. The second-order valence-corrected chi connectivity index (χ2v) is 3.77. The largest absolute Gasteiger partial charge is 0.303 e. The van der Waals surface area contributed by atoms with E-state index in [9.17, 15) is 0 Å². The fourth-order valence-electron chi connectivity index (χ4n) is 1.70. The molecule has 0 atom stereocenters. The Kier molecular flexibility index (Phi) is 1.46. The van der Waals surface area contributed by atoms with E-state index in [1.807, 2.05) is 0 Å². The highest BCUT2D eigenvalue weighted by molar-refractivity contribution is 4.92. The summed E-state index contributed by atoms with van der Waals surface area (Å²) in [5.74, 6) is 0. The number of nitrogens with zero attached hydrogens (tertiary/aromatic N) is 2. The Labute approximate surface area is 62.8 Å². The Balaban J connectivity index is 1.77. The van der Waals surface area contributed by atoms with Crippen molar-refractivity contribution in [1.82, 2.24) is 9.80 Å². The van der Waals surface area contributed by atoms with E-state index < -0.39 is 0 Å². The van der Waals surface area contributed by atoms with Crippen LogP contribution >= 0.6 is 0 Å². The fraction of sp³-hybridized carbons (Fsp3) is 1.00. The monoisotopic (exact) mass is 140 g/mol. The van der Waals surface area contributed by atoms with Gasteiger partial charge in [-0.25, -0.2) is 0 Å². The first kappa shape index (κ1) is 6.62. The van der Waals surface area contributed by atoms with Crippen molar-refractivity contribution < 1.29 is 0 Å². The van der Waals surface area contributed by atoms with Crippen LogP contribution in [0.25, 0.3) is 0 Å². The van der Waals surface area contributed by atoms with Crippen molar-refractivity contribution in [2.24, 2.45) is 0 Å². The van der Waals surface area contributed by atoms with E-state index in [1.54, 1.807) is 0 Å². The van der Waals surface area contributed by atoms with Gasteiger partial charge in [0, 0.05) is 25.2 Å². The molecule has 0 radical (unpaired) electrons. The van der Waals surface area contributed by atoms with Crippen LogP contribution in [0.15, 0.2) is 0 Å². The highest BCUT2D eigenvalue weighted by Crippen LogP contribution is 2.29. The molecule has 0 bridgehead atoms. The Bertz CT molecular complexity index is 125. The molecule has 10 heavy (non-hydrogen) atoms. The van der Waals surface area contributed by atoms with E-state index >= 15 is 0 Å². The summed E-state index contributed by atoms with van der Waals surface area (Å²) in [5.41, 5.74) is 0. The van der Waals surface area contributed by atoms with Crippen LogP contribution in [-0.2, 0) is 0 Å². The van der Waals surface area contributed by atoms with Gasteiger partial charge >= 0.3 is 0 Å². The average molecular weight is 140 g/mol. The second-order valence-electron chi connectivity index (χ2n) is 3.77. The molecule has 0 spiro atoms. The molecule has 1 aliphatic carbocycles. The van der Waals surface area contributed by atoms with Crippen molar-refractivity contribution in [2.45, 2.75) is 24.9 Å². The molecule has 1 saturated heterocycles. The lowest BCUT2D eigenvalue weighted by Crippen LogP contribution is -2.57. The first-order chi connectivity index (χ1) is 4.77. The molecule has 2 nitrogen and oxygen atoms in total. The number of hydrogen-bond acceptors (Lipinski definition) is 2. The summed E-state index contributed by atoms with van der Waals surface area (Å²) in [6.07, 6.45) is 2.88. The van der Waals surface area contributed by atoms with E-state index in [0.717, 1.165) is 12.1 Å². The molecule has 1 aliphatic heterocycles. The van der Waals surface area contributed by atoms with E-state index in [1.165, 1.54) is 25.9 Å². The molecule has 2 rings (SSSR count). The van der Waals surface area contributed by atoms with E-state index in [-0.39, 0.29) is 0 Å². The normalized spacial score (nSPS) is 29.1. The maximum Gasteiger partial charge on any atom is 0.0350 e. The van der Waals surface area contributed by atoms with Gasteiger partial charge in [-0.2, -0.15) is 0 Å². The van der Waals surface area contributed by atoms with Gasteiger partial charge in [0.15, 0.2) is 0 Å². The number of likely N-dealkylation sites (tertiary alicyclic amines) is 1. The Morgan fingerprint density at radius 3 is 2.20 bits per heavy atom. The Morgan fingerprint density at radius 2 is 1.80 bits per heavy atom. The first-order valence-corrected chi connectivity index (χ1v) is 4.18. The molecule has 2 aliphatic rings. The predicted molar refractivity (Wildman–Crippen MR) is 42.1 cm³/mol. The quantitative estimate of drug-likeness (QED) is 0.547. The molecule has 1 saturated carbocycles. The summed E-state index contributed by atoms with van der Waals surface area (Å²) in [6, 6.07) is 1.82. The number of rotatable bonds is 2. The summed E-state index contributed by atoms with van der Waals surface area (Å²) in [5, 5.41) is 0. The van der Waals surface area contributed by atoms with Crippen molar-refractivity contribution in [3.8, 4) is 0 Å². The Hall–Kier alpha value is -0.0800. The van der Waals surface area contributed by atoms with Gasteiger partial charge in [0.05, 0.1) is 0 Å². The van der Waals surface area contributed by atoms with Gasteiger partial charge in [0.2, 0.25) is 0 Å². The number of hydrogen-bond donors (Lipinski definition) is 0. The van der Waals surface area contributed by atoms with Crippen LogP contribution in [0.3, 0.4) is 0 Å². The SMILES string of the molecule is CN1CC(N(C)C2CC2)C1. The molecule has 58 valence electrons. The minimum atomic E-state index is 0.873. The van der Waals surface area contributed by atoms with Crippen molar-refractivity contribution in [2.75, 3.05) is 27.2 Å². The van der Waals surface area contributed by atoms with Crippen molar-refractivity contribution >= 4 is 0 Å². The fourth-order valence-corrected chi connectivity index (χ4v) is 1.70. The maximum absolute atomic E-state index is 2.56. The van der Waals surface area contributed by atoms with Gasteiger partial charge in [0.1, 0.15) is 0 Å². The summed E-state index contributed by atoms with van der Waals surface area (Å²) in [6.45, 7) is 2.57. The molecular weight excluding hydrogens is 124 g/mol. The third-order valence-electron chi connectivity index (χ3n) is 2.74. The topological polar surface area (TPSA) is 6.48 Å². The van der Waals surface area contributed by atoms with Crippen LogP contribution in [0.2, 0.25) is 0 Å². The van der Waals surface area contributed by atoms with Gasteiger partial charge in [-0.15, -0.1) is 0 Å². The third kappa shape index (κ3) is 1.06. The average Bonchev–Trinajstić information content (AvgIpc) is 2.60. The van der Waals surface area contributed by atoms with Gasteiger partial charge in [-0.05, 0) is 26.9 Å². The van der Waals surface area contributed by atoms with Crippen molar-refractivity contribution in [3.05, 3.63) is 0 Å². The second kappa shape index (κ2) is 2.21. The van der Waals surface area contributed by atoms with Crippen molar-refractivity contribution in [3.63, 3.8) is 0 Å². The van der Waals surface area contributed by atoms with Crippen LogP contribution < -0.4 is 0 Å². The molecule has 0 aromatic carbocycles. The molecule has 0 amide bonds. The van der Waals surface area contributed by atoms with Crippen LogP contribution in [0.4, 0.5) is 0 Å². The van der Waals surface area contributed by atoms with E-state index in [0.29, 0.717) is 0 Å². The zero-order chi connectivity index (χ0) is 7.14. The summed E-state index contributed by atoms with van der Waals surface area (Å²) < 4.78 is 0. The van der Waals surface area contributed by atoms with Crippen LogP contribution in [0.1, 0.15) is 12.8 Å². The van der Waals surface area contributed by atoms with Crippen LogP contribution in [0, 0.1) is 0 Å². The standard InChI is InChI=1S/C8H16N2/c1-9-5-8(6-9)10(2)7-3-4-7/h7-8H,3-6H2,1-2H3. The molecule has 0 N–H and O–H groups in total. The first-order valence-electron chi connectivity index (χ1n) is 4.18. The van der Waals surface area contributed by atoms with E-state index in [4.69, 9.17) is 0 Å². The van der Waals surface area contributed by atoms with Gasteiger partial charge in [-0.3, -0.25) is 4.90 Å². The summed E-state index contributed by atoms with van der Waals surface area (Å²) in [7, 11) is 4.46. The lowest BCUT2D eigenvalue weighted by molar-refractivity contribution is 0.0656. The zero-order valence-electron chi connectivity index (χ0n) is 6.88. The molecule has 0 aromatic heterocycles. The smallest absolute Gasteiger partial charge is 0.0350 e. The lowest BCUT2D eigenvalue weighted by Gasteiger charge is -2.42. The van der Waals surface area contributed by atoms with Gasteiger partial charge < -0.3 is 4.90 Å². The number of likely N-dealkylation sites (N-methyl/N-ethyl adjacent to an activating group) is 2. The molecule has 0 aromatic rings. The summed E-state index contributed by atoms with van der Waals surface area (Å²) >= 11 is 0. The van der Waals surface area contributed by atoms with Gasteiger partial charge in [-0.1, -0.05) is 0 Å². The predicted octanol–water partition coefficient (Wildman–Crippen LogP) is 0.395. The van der Waals surface area contributed by atoms with Crippen LogP contribution in [-0.4, -0.2) is 49.1 Å². The molecule has 0 unspecified atom stereocenters. The molecule has 2 heteroatoms. The molecular formula is C8H16N2. The Morgan fingerprint density at radius 1 is 1.20 bits per heavy atom.